The molecule has 36 heavy (non-hydrogen) atoms. The number of carbonyl (C=O) groups is 2. The first-order valence-corrected chi connectivity index (χ1v) is 11.0. The summed E-state index contributed by atoms with van der Waals surface area (Å²) in [5.41, 5.74) is 8.90. The number of rotatable bonds is 7. The number of nitrogens with one attached hydrogen (secondary N) is 1. The van der Waals surface area contributed by atoms with Gasteiger partial charge >= 0.3 is 0 Å². The number of carbonyl (C=O) groups excluding carboxylic acids is 2. The molecular weight excluding hydrogens is 456 g/mol. The van der Waals surface area contributed by atoms with Crippen LogP contribution in [0.2, 0.25) is 0 Å². The van der Waals surface area contributed by atoms with Crippen LogP contribution >= 0.6 is 0 Å². The molecule has 0 spiro atoms. The number of aromatic hydroxyl groups is 1. The van der Waals surface area contributed by atoms with Gasteiger partial charge in [0.1, 0.15) is 11.6 Å². The Hall–Kier alpha value is -5.18. The largest absolute Gasteiger partial charge is 0.508 e. The standard InChI is InChI=1S/C27H20N6O3/c28-25(36)24(35)17-12-18(14-29-13-17)26-32-22-6-3-5-21(16-7-9-20(34)10-8-16)23(22)27(33-26)31-15-19-4-1-2-11-30-19/h1-14,34H,15H2,(H2,28,36)(H,31,32,33). The predicted octanol–water partition coefficient (Wildman–Crippen LogP) is 3.74. The fourth-order valence-electron chi connectivity index (χ4n) is 3.83. The van der Waals surface area contributed by atoms with Crippen molar-refractivity contribution in [3.8, 4) is 28.3 Å². The van der Waals surface area contributed by atoms with Crippen molar-refractivity contribution in [3.05, 3.63) is 96.6 Å². The highest BCUT2D eigenvalue weighted by Crippen LogP contribution is 2.34. The number of hydrogen-bond acceptors (Lipinski definition) is 8. The Bertz CT molecular complexity index is 1590. The highest BCUT2D eigenvalue weighted by atomic mass is 16.3. The maximum atomic E-state index is 12.1. The fourth-order valence-corrected chi connectivity index (χ4v) is 3.83. The Labute approximate surface area is 205 Å². The molecule has 9 nitrogen and oxygen atoms in total. The maximum absolute atomic E-state index is 12.1. The molecule has 0 aliphatic heterocycles. The molecular formula is C27H20N6O3. The van der Waals surface area contributed by atoms with Gasteiger partial charge in [-0.15, -0.1) is 0 Å². The van der Waals surface area contributed by atoms with Gasteiger partial charge in [0.15, 0.2) is 5.82 Å². The molecule has 4 N–H and O–H groups in total. The number of phenols is 1. The molecule has 0 unspecified atom stereocenters. The van der Waals surface area contributed by atoms with Crippen LogP contribution in [0.4, 0.5) is 5.82 Å². The second-order valence-corrected chi connectivity index (χ2v) is 7.97. The second-order valence-electron chi connectivity index (χ2n) is 7.97. The molecule has 0 saturated carbocycles. The molecule has 5 rings (SSSR count). The van der Waals surface area contributed by atoms with Crippen LogP contribution in [0.1, 0.15) is 16.1 Å². The Morgan fingerprint density at radius 3 is 2.50 bits per heavy atom. The molecule has 176 valence electrons. The first-order chi connectivity index (χ1) is 17.5. The third-order valence-electron chi connectivity index (χ3n) is 5.55. The highest BCUT2D eigenvalue weighted by Gasteiger charge is 2.17. The van der Waals surface area contributed by atoms with Gasteiger partial charge in [-0.1, -0.05) is 30.3 Å². The first kappa shape index (κ1) is 22.6. The third-order valence-corrected chi connectivity index (χ3v) is 5.55. The average Bonchev–Trinajstić information content (AvgIpc) is 2.92. The van der Waals surface area contributed by atoms with Crippen molar-refractivity contribution in [2.75, 3.05) is 5.32 Å². The number of Topliss-reactive ketones (excluding diaryl/α,β-unsaturated/α-hetero) is 1. The topological polar surface area (TPSA) is 144 Å². The number of pyridine rings is 2. The van der Waals surface area contributed by atoms with E-state index in [-0.39, 0.29) is 11.3 Å². The zero-order valence-corrected chi connectivity index (χ0v) is 18.9. The quantitative estimate of drug-likeness (QED) is 0.238. The highest BCUT2D eigenvalue weighted by molar-refractivity contribution is 6.42. The van der Waals surface area contributed by atoms with E-state index in [9.17, 15) is 14.7 Å². The maximum Gasteiger partial charge on any atom is 0.289 e. The van der Waals surface area contributed by atoms with Gasteiger partial charge in [0.2, 0.25) is 0 Å². The molecule has 5 aromatic rings. The van der Waals surface area contributed by atoms with Gasteiger partial charge in [-0.2, -0.15) is 0 Å². The van der Waals surface area contributed by atoms with E-state index in [2.05, 4.69) is 15.3 Å². The lowest BCUT2D eigenvalue weighted by molar-refractivity contribution is -0.114. The van der Waals surface area contributed by atoms with Gasteiger partial charge in [0.25, 0.3) is 11.7 Å². The number of aromatic nitrogens is 4. The minimum atomic E-state index is -1.07. The van der Waals surface area contributed by atoms with Gasteiger partial charge in [-0.05, 0) is 47.5 Å². The predicted molar refractivity (Wildman–Crippen MR) is 135 cm³/mol. The van der Waals surface area contributed by atoms with Crippen LogP contribution in [-0.2, 0) is 11.3 Å². The number of benzene rings is 2. The molecule has 0 aliphatic carbocycles. The van der Waals surface area contributed by atoms with E-state index in [1.165, 1.54) is 18.5 Å². The average molecular weight is 476 g/mol. The van der Waals surface area contributed by atoms with Crippen molar-refractivity contribution >= 4 is 28.4 Å². The number of nitrogens with zero attached hydrogens (tertiary/aromatic N) is 4. The summed E-state index contributed by atoms with van der Waals surface area (Å²) in [6.45, 7) is 0.411. The summed E-state index contributed by atoms with van der Waals surface area (Å²) in [4.78, 5) is 41.4. The summed E-state index contributed by atoms with van der Waals surface area (Å²) in [6.07, 6.45) is 4.52. The van der Waals surface area contributed by atoms with Crippen molar-refractivity contribution in [1.29, 1.82) is 0 Å². The number of fused-ring (bicyclic) bond motifs is 1. The zero-order chi connectivity index (χ0) is 25.1. The van der Waals surface area contributed by atoms with Crippen molar-refractivity contribution < 1.29 is 14.7 Å². The molecule has 0 bridgehead atoms. The molecule has 0 fully saturated rings. The number of primary amides is 1. The molecule has 0 saturated heterocycles. The monoisotopic (exact) mass is 476 g/mol. The lowest BCUT2D eigenvalue weighted by Crippen LogP contribution is -2.23. The smallest absolute Gasteiger partial charge is 0.289 e. The number of amides is 1. The van der Waals surface area contributed by atoms with Crippen molar-refractivity contribution in [3.63, 3.8) is 0 Å². The molecule has 0 radical (unpaired) electrons. The number of anilines is 1. The van der Waals surface area contributed by atoms with Crippen LogP contribution in [-0.4, -0.2) is 36.7 Å². The van der Waals surface area contributed by atoms with Crippen LogP contribution in [0.25, 0.3) is 33.4 Å². The van der Waals surface area contributed by atoms with Crippen molar-refractivity contribution in [2.45, 2.75) is 6.54 Å². The minimum Gasteiger partial charge on any atom is -0.508 e. The molecule has 1 amide bonds. The molecule has 0 atom stereocenters. The van der Waals surface area contributed by atoms with E-state index >= 15 is 0 Å². The minimum absolute atomic E-state index is 0.0598. The van der Waals surface area contributed by atoms with Crippen molar-refractivity contribution in [1.82, 2.24) is 19.9 Å². The van der Waals surface area contributed by atoms with E-state index in [1.807, 2.05) is 48.5 Å². The van der Waals surface area contributed by atoms with Gasteiger partial charge < -0.3 is 16.2 Å². The molecule has 3 aromatic heterocycles. The fraction of sp³-hybridized carbons (Fsp3) is 0.0370. The lowest BCUT2D eigenvalue weighted by Gasteiger charge is -2.14. The van der Waals surface area contributed by atoms with E-state index < -0.39 is 11.7 Å². The summed E-state index contributed by atoms with van der Waals surface area (Å²) < 4.78 is 0. The number of phenolic OH excluding ortho intramolecular Hbond substituents is 1. The number of nitrogens with two attached hydrogens (primary N) is 1. The van der Waals surface area contributed by atoms with E-state index in [0.717, 1.165) is 22.2 Å². The van der Waals surface area contributed by atoms with Crippen LogP contribution in [0.3, 0.4) is 0 Å². The number of ketones is 1. The van der Waals surface area contributed by atoms with E-state index in [0.29, 0.717) is 29.3 Å². The van der Waals surface area contributed by atoms with E-state index in [4.69, 9.17) is 15.7 Å². The molecule has 3 heterocycles. The normalized spacial score (nSPS) is 10.8. The SMILES string of the molecule is NC(=O)C(=O)c1cncc(-c2nc(NCc3ccccn3)c3c(-c4ccc(O)cc4)cccc3n2)c1. The van der Waals surface area contributed by atoms with Gasteiger partial charge in [-0.25, -0.2) is 9.97 Å². The molecule has 9 heteroatoms. The third kappa shape index (κ3) is 4.58. The van der Waals surface area contributed by atoms with Crippen molar-refractivity contribution in [2.24, 2.45) is 5.73 Å². The van der Waals surface area contributed by atoms with Crippen LogP contribution in [0, 0.1) is 0 Å². The summed E-state index contributed by atoms with van der Waals surface area (Å²) in [7, 11) is 0. The zero-order valence-electron chi connectivity index (χ0n) is 18.9. The van der Waals surface area contributed by atoms with Gasteiger partial charge in [-0.3, -0.25) is 19.6 Å². The Kier molecular flexibility index (Phi) is 6.02. The first-order valence-electron chi connectivity index (χ1n) is 11.0. The summed E-state index contributed by atoms with van der Waals surface area (Å²) in [5, 5.41) is 13.9. The second kappa shape index (κ2) is 9.59. The molecule has 2 aromatic carbocycles. The molecule has 0 aliphatic rings. The van der Waals surface area contributed by atoms with Crippen LogP contribution in [0.5, 0.6) is 5.75 Å². The van der Waals surface area contributed by atoms with Gasteiger partial charge in [0.05, 0.1) is 23.1 Å². The summed E-state index contributed by atoms with van der Waals surface area (Å²) in [6, 6.07) is 19.7. The Morgan fingerprint density at radius 2 is 1.75 bits per heavy atom. The van der Waals surface area contributed by atoms with E-state index in [1.54, 1.807) is 18.3 Å². The lowest BCUT2D eigenvalue weighted by atomic mass is 10.0. The Balaban J connectivity index is 1.67. The summed E-state index contributed by atoms with van der Waals surface area (Å²) in [5.74, 6) is -0.863. The Morgan fingerprint density at radius 1 is 0.917 bits per heavy atom. The van der Waals surface area contributed by atoms with Crippen LogP contribution in [0.15, 0.2) is 85.3 Å². The van der Waals surface area contributed by atoms with Crippen LogP contribution < -0.4 is 11.1 Å². The number of hydrogen-bond donors (Lipinski definition) is 3. The summed E-state index contributed by atoms with van der Waals surface area (Å²) >= 11 is 0. The van der Waals surface area contributed by atoms with Gasteiger partial charge in [0, 0.05) is 29.7 Å².